The summed E-state index contributed by atoms with van der Waals surface area (Å²) in [4.78, 5) is 11.8. The second-order valence-corrected chi connectivity index (χ2v) is 5.14. The Kier molecular flexibility index (Phi) is 5.78. The second kappa shape index (κ2) is 6.87. The van der Waals surface area contributed by atoms with Crippen LogP contribution in [0.25, 0.3) is 0 Å². The molecule has 0 saturated heterocycles. The molecule has 4 nitrogen and oxygen atoms in total. The number of carbonyl (C=O) groups is 1. The van der Waals surface area contributed by atoms with E-state index in [1.165, 1.54) is 11.3 Å². The second-order valence-electron chi connectivity index (χ2n) is 4.36. The van der Waals surface area contributed by atoms with E-state index in [9.17, 15) is 9.90 Å². The van der Waals surface area contributed by atoms with Crippen molar-refractivity contribution in [2.24, 2.45) is 0 Å². The zero-order valence-corrected chi connectivity index (χ0v) is 11.9. The number of ether oxygens (including phenoxy) is 1. The van der Waals surface area contributed by atoms with E-state index in [4.69, 9.17) is 4.74 Å². The Labute approximate surface area is 112 Å². The summed E-state index contributed by atoms with van der Waals surface area (Å²) in [5.41, 5.74) is -0.225. The van der Waals surface area contributed by atoms with Crippen LogP contribution in [-0.4, -0.2) is 30.3 Å². The van der Waals surface area contributed by atoms with Gasteiger partial charge in [-0.2, -0.15) is 11.3 Å². The highest BCUT2D eigenvalue weighted by atomic mass is 32.1. The van der Waals surface area contributed by atoms with Gasteiger partial charge in [0, 0.05) is 6.61 Å². The summed E-state index contributed by atoms with van der Waals surface area (Å²) < 4.78 is 5.32. The largest absolute Gasteiger partial charge is 0.384 e. The van der Waals surface area contributed by atoms with E-state index in [0.717, 1.165) is 5.56 Å². The minimum Gasteiger partial charge on any atom is -0.384 e. The molecule has 0 bridgehead atoms. The number of nitrogens with one attached hydrogen (secondary N) is 1. The quantitative estimate of drug-likeness (QED) is 0.796. The van der Waals surface area contributed by atoms with Crippen molar-refractivity contribution < 1.29 is 14.6 Å². The van der Waals surface area contributed by atoms with Gasteiger partial charge in [0.25, 0.3) is 0 Å². The number of carbonyl (C=O) groups excluding carboxylic acids is 1. The van der Waals surface area contributed by atoms with Gasteiger partial charge in [0.1, 0.15) is 11.7 Å². The third kappa shape index (κ3) is 4.08. The van der Waals surface area contributed by atoms with Crippen LogP contribution in [-0.2, 0) is 15.1 Å². The van der Waals surface area contributed by atoms with Gasteiger partial charge in [0.05, 0.1) is 6.54 Å². The van der Waals surface area contributed by atoms with Crippen LogP contribution in [0.15, 0.2) is 16.8 Å². The molecule has 0 aliphatic heterocycles. The SMILES string of the molecule is CCOC(CC)C(=O)NCC(C)(O)c1ccsc1. The highest BCUT2D eigenvalue weighted by Gasteiger charge is 2.26. The van der Waals surface area contributed by atoms with Gasteiger partial charge in [0.2, 0.25) is 5.91 Å². The predicted octanol–water partition coefficient (Wildman–Crippen LogP) is 1.89. The van der Waals surface area contributed by atoms with E-state index in [-0.39, 0.29) is 12.5 Å². The number of hydrogen-bond donors (Lipinski definition) is 2. The first kappa shape index (κ1) is 15.1. The van der Waals surface area contributed by atoms with Gasteiger partial charge < -0.3 is 15.2 Å². The van der Waals surface area contributed by atoms with Crippen molar-refractivity contribution in [2.75, 3.05) is 13.2 Å². The zero-order chi connectivity index (χ0) is 13.6. The molecule has 1 aromatic heterocycles. The molecule has 2 atom stereocenters. The highest BCUT2D eigenvalue weighted by molar-refractivity contribution is 7.08. The Bertz CT molecular complexity index is 362. The molecule has 1 heterocycles. The highest BCUT2D eigenvalue weighted by Crippen LogP contribution is 2.22. The minimum absolute atomic E-state index is 0.171. The molecular weight excluding hydrogens is 250 g/mol. The third-order valence-electron chi connectivity index (χ3n) is 2.78. The van der Waals surface area contributed by atoms with Gasteiger partial charge in [-0.15, -0.1) is 0 Å². The minimum atomic E-state index is -1.04. The van der Waals surface area contributed by atoms with E-state index < -0.39 is 11.7 Å². The maximum Gasteiger partial charge on any atom is 0.249 e. The number of aliphatic hydroxyl groups is 1. The Hall–Kier alpha value is -0.910. The number of thiophene rings is 1. The van der Waals surface area contributed by atoms with E-state index in [0.29, 0.717) is 13.0 Å². The average Bonchev–Trinajstić information content (AvgIpc) is 2.87. The fraction of sp³-hybridized carbons (Fsp3) is 0.615. The maximum atomic E-state index is 11.8. The summed E-state index contributed by atoms with van der Waals surface area (Å²) in [6, 6.07) is 1.86. The molecule has 18 heavy (non-hydrogen) atoms. The number of hydrogen-bond acceptors (Lipinski definition) is 4. The smallest absolute Gasteiger partial charge is 0.249 e. The van der Waals surface area contributed by atoms with Crippen LogP contribution in [0.4, 0.5) is 0 Å². The molecule has 0 aliphatic rings. The topological polar surface area (TPSA) is 58.6 Å². The first-order valence-electron chi connectivity index (χ1n) is 6.15. The van der Waals surface area contributed by atoms with Crippen molar-refractivity contribution in [1.29, 1.82) is 0 Å². The van der Waals surface area contributed by atoms with Crippen LogP contribution in [0, 0.1) is 0 Å². The molecule has 1 rings (SSSR count). The molecule has 1 amide bonds. The Balaban J connectivity index is 2.51. The molecule has 102 valence electrons. The van der Waals surface area contributed by atoms with Crippen molar-refractivity contribution in [3.8, 4) is 0 Å². The lowest BCUT2D eigenvalue weighted by atomic mass is 9.99. The van der Waals surface area contributed by atoms with Crippen LogP contribution in [0.5, 0.6) is 0 Å². The van der Waals surface area contributed by atoms with Gasteiger partial charge in [-0.1, -0.05) is 6.92 Å². The lowest BCUT2D eigenvalue weighted by Gasteiger charge is -2.24. The van der Waals surface area contributed by atoms with E-state index in [1.54, 1.807) is 6.92 Å². The Morgan fingerprint density at radius 3 is 2.83 bits per heavy atom. The fourth-order valence-electron chi connectivity index (χ4n) is 1.63. The molecule has 2 N–H and O–H groups in total. The zero-order valence-electron chi connectivity index (χ0n) is 11.1. The van der Waals surface area contributed by atoms with E-state index >= 15 is 0 Å². The van der Waals surface area contributed by atoms with Crippen LogP contribution < -0.4 is 5.32 Å². The first-order valence-corrected chi connectivity index (χ1v) is 7.10. The van der Waals surface area contributed by atoms with Gasteiger partial charge in [-0.05, 0) is 42.7 Å². The fourth-order valence-corrected chi connectivity index (χ4v) is 2.41. The lowest BCUT2D eigenvalue weighted by Crippen LogP contribution is -2.43. The van der Waals surface area contributed by atoms with Crippen molar-refractivity contribution in [3.63, 3.8) is 0 Å². The summed E-state index contributed by atoms with van der Waals surface area (Å²) in [6.45, 7) is 6.14. The summed E-state index contributed by atoms with van der Waals surface area (Å²) in [5, 5.41) is 16.8. The summed E-state index contributed by atoms with van der Waals surface area (Å²) in [5.74, 6) is -0.171. The molecule has 0 radical (unpaired) electrons. The molecule has 0 spiro atoms. The van der Waals surface area contributed by atoms with Gasteiger partial charge in [-0.3, -0.25) is 4.79 Å². The lowest BCUT2D eigenvalue weighted by molar-refractivity contribution is -0.133. The maximum absolute atomic E-state index is 11.8. The monoisotopic (exact) mass is 271 g/mol. The average molecular weight is 271 g/mol. The first-order chi connectivity index (χ1) is 8.51. The summed E-state index contributed by atoms with van der Waals surface area (Å²) >= 11 is 1.52. The number of amides is 1. The van der Waals surface area contributed by atoms with E-state index in [2.05, 4.69) is 5.32 Å². The molecule has 0 aromatic carbocycles. The molecule has 0 fully saturated rings. The summed E-state index contributed by atoms with van der Waals surface area (Å²) in [7, 11) is 0. The standard InChI is InChI=1S/C13H21NO3S/c1-4-11(17-5-2)12(15)14-9-13(3,16)10-6-7-18-8-10/h6-8,11,16H,4-5,9H2,1-3H3,(H,14,15). The van der Waals surface area contributed by atoms with Gasteiger partial charge in [-0.25, -0.2) is 0 Å². The molecular formula is C13H21NO3S. The Morgan fingerprint density at radius 1 is 1.61 bits per heavy atom. The normalized spacial score (nSPS) is 16.0. The van der Waals surface area contributed by atoms with Crippen LogP contribution in [0.1, 0.15) is 32.8 Å². The van der Waals surface area contributed by atoms with Gasteiger partial charge >= 0.3 is 0 Å². The molecule has 1 aromatic rings. The van der Waals surface area contributed by atoms with E-state index in [1.807, 2.05) is 30.7 Å². The predicted molar refractivity (Wildman–Crippen MR) is 72.6 cm³/mol. The van der Waals surface area contributed by atoms with Crippen LogP contribution >= 0.6 is 11.3 Å². The third-order valence-corrected chi connectivity index (χ3v) is 3.46. The van der Waals surface area contributed by atoms with Gasteiger partial charge in [0.15, 0.2) is 0 Å². The van der Waals surface area contributed by atoms with Crippen LogP contribution in [0.2, 0.25) is 0 Å². The molecule has 0 aliphatic carbocycles. The molecule has 0 saturated carbocycles. The Morgan fingerprint density at radius 2 is 2.33 bits per heavy atom. The van der Waals surface area contributed by atoms with Crippen molar-refractivity contribution >= 4 is 17.2 Å². The summed E-state index contributed by atoms with van der Waals surface area (Å²) in [6.07, 6.45) is 0.188. The van der Waals surface area contributed by atoms with Crippen molar-refractivity contribution in [2.45, 2.75) is 38.9 Å². The molecule has 5 heteroatoms. The molecule has 2 unspecified atom stereocenters. The number of rotatable bonds is 7. The van der Waals surface area contributed by atoms with Crippen LogP contribution in [0.3, 0.4) is 0 Å². The van der Waals surface area contributed by atoms with Crippen molar-refractivity contribution in [1.82, 2.24) is 5.32 Å². The van der Waals surface area contributed by atoms with Crippen molar-refractivity contribution in [3.05, 3.63) is 22.4 Å².